The van der Waals surface area contributed by atoms with Crippen LogP contribution in [0, 0.1) is 5.92 Å². The molecule has 0 bridgehead atoms. The molecule has 1 saturated heterocycles. The average molecular weight is 332 g/mol. The molecule has 0 saturated carbocycles. The van der Waals surface area contributed by atoms with E-state index in [9.17, 15) is 9.59 Å². The molecule has 0 aliphatic carbocycles. The fourth-order valence-corrected chi connectivity index (χ4v) is 2.94. The van der Waals surface area contributed by atoms with Gasteiger partial charge in [-0.05, 0) is 24.5 Å². The summed E-state index contributed by atoms with van der Waals surface area (Å²) in [7, 11) is 0. The van der Waals surface area contributed by atoms with Crippen molar-refractivity contribution < 1.29 is 9.21 Å². The first-order chi connectivity index (χ1) is 11.5. The molecule has 7 nitrogen and oxygen atoms in total. The van der Waals surface area contributed by atoms with Crippen LogP contribution in [0.4, 0.5) is 10.5 Å². The maximum absolute atomic E-state index is 12.2. The Balaban J connectivity index is 1.60. The molecule has 0 radical (unpaired) electrons. The van der Waals surface area contributed by atoms with Crippen LogP contribution in [-0.2, 0) is 0 Å². The number of rotatable bonds is 4. The number of anilines is 1. The Hall–Kier alpha value is -2.44. The van der Waals surface area contributed by atoms with Gasteiger partial charge < -0.3 is 19.5 Å². The first-order valence-corrected chi connectivity index (χ1v) is 8.44. The number of nitrogens with zero attached hydrogens (tertiary/aromatic N) is 2. The number of fused-ring (bicyclic) bond motifs is 1. The molecule has 1 aliphatic heterocycles. The third kappa shape index (κ3) is 3.55. The highest BCUT2D eigenvalue weighted by atomic mass is 16.4. The number of carbonyl (C=O) groups is 1. The van der Waals surface area contributed by atoms with Gasteiger partial charge >= 0.3 is 11.8 Å². The van der Waals surface area contributed by atoms with Crippen LogP contribution in [0.3, 0.4) is 0 Å². The zero-order valence-corrected chi connectivity index (χ0v) is 14.2. The zero-order valence-electron chi connectivity index (χ0n) is 14.2. The lowest BCUT2D eigenvalue weighted by Crippen LogP contribution is -2.52. The number of aromatic amines is 1. The van der Waals surface area contributed by atoms with Gasteiger partial charge in [0, 0.05) is 32.7 Å². The van der Waals surface area contributed by atoms with E-state index < -0.39 is 5.76 Å². The van der Waals surface area contributed by atoms with Crippen LogP contribution in [-0.4, -0.2) is 48.6 Å². The lowest BCUT2D eigenvalue weighted by molar-refractivity contribution is 0.194. The number of nitrogens with one attached hydrogen (secondary N) is 2. The number of hydrogen-bond donors (Lipinski definition) is 2. The number of oxazole rings is 1. The van der Waals surface area contributed by atoms with Crippen LogP contribution in [0.5, 0.6) is 0 Å². The van der Waals surface area contributed by atoms with Gasteiger partial charge in [-0.25, -0.2) is 9.59 Å². The minimum Gasteiger partial charge on any atom is -0.406 e. The van der Waals surface area contributed by atoms with E-state index in [1.54, 1.807) is 0 Å². The predicted octanol–water partition coefficient (Wildman–Crippen LogP) is 2.00. The summed E-state index contributed by atoms with van der Waals surface area (Å²) in [5.74, 6) is 0.138. The molecule has 2 heterocycles. The molecule has 2 aromatic rings. The summed E-state index contributed by atoms with van der Waals surface area (Å²) in [5, 5.41) is 2.97. The van der Waals surface area contributed by atoms with Crippen molar-refractivity contribution >= 4 is 22.8 Å². The Labute approximate surface area is 140 Å². The molecule has 2 amide bonds. The van der Waals surface area contributed by atoms with E-state index in [4.69, 9.17) is 4.42 Å². The molecule has 1 aromatic carbocycles. The molecule has 1 aromatic heterocycles. The van der Waals surface area contributed by atoms with Gasteiger partial charge in [0.1, 0.15) is 0 Å². The van der Waals surface area contributed by atoms with Gasteiger partial charge in [0.15, 0.2) is 5.58 Å². The number of urea groups is 1. The average Bonchev–Trinajstić information content (AvgIpc) is 2.94. The lowest BCUT2D eigenvalue weighted by atomic mass is 10.1. The van der Waals surface area contributed by atoms with E-state index in [-0.39, 0.29) is 6.03 Å². The predicted molar refractivity (Wildman–Crippen MR) is 93.5 cm³/mol. The maximum Gasteiger partial charge on any atom is 0.417 e. The van der Waals surface area contributed by atoms with Gasteiger partial charge in [0.05, 0.1) is 11.2 Å². The van der Waals surface area contributed by atoms with E-state index in [0.29, 0.717) is 49.7 Å². The summed E-state index contributed by atoms with van der Waals surface area (Å²) in [6, 6.07) is 5.66. The van der Waals surface area contributed by atoms with Crippen molar-refractivity contribution in [1.29, 1.82) is 0 Å². The Kier molecular flexibility index (Phi) is 4.78. The van der Waals surface area contributed by atoms with Crippen molar-refractivity contribution in [3.05, 3.63) is 28.7 Å². The summed E-state index contributed by atoms with van der Waals surface area (Å²) >= 11 is 0. The molecule has 130 valence electrons. The number of carbonyl (C=O) groups excluding carboxylic acids is 1. The van der Waals surface area contributed by atoms with E-state index in [1.165, 1.54) is 0 Å². The minimum atomic E-state index is -0.444. The first-order valence-electron chi connectivity index (χ1n) is 8.44. The molecule has 0 unspecified atom stereocenters. The van der Waals surface area contributed by atoms with Crippen LogP contribution >= 0.6 is 0 Å². The second kappa shape index (κ2) is 6.98. The second-order valence-electron chi connectivity index (χ2n) is 6.56. The Bertz CT molecular complexity index is 757. The zero-order chi connectivity index (χ0) is 17.1. The number of H-pyrrole nitrogens is 1. The van der Waals surface area contributed by atoms with E-state index in [0.717, 1.165) is 12.1 Å². The fraction of sp³-hybridized carbons (Fsp3) is 0.529. The number of piperazine rings is 1. The van der Waals surface area contributed by atoms with Crippen molar-refractivity contribution in [3.8, 4) is 0 Å². The summed E-state index contributed by atoms with van der Waals surface area (Å²) < 4.78 is 5.26. The van der Waals surface area contributed by atoms with Crippen molar-refractivity contribution in [2.45, 2.75) is 20.3 Å². The molecule has 0 atom stereocenters. The third-order valence-electron chi connectivity index (χ3n) is 4.33. The van der Waals surface area contributed by atoms with E-state index in [1.807, 2.05) is 23.1 Å². The topological polar surface area (TPSA) is 81.6 Å². The molecule has 1 aliphatic rings. The number of aromatic nitrogens is 1. The molecule has 24 heavy (non-hydrogen) atoms. The number of amides is 2. The third-order valence-corrected chi connectivity index (χ3v) is 4.33. The first kappa shape index (κ1) is 16.4. The molecule has 7 heteroatoms. The van der Waals surface area contributed by atoms with E-state index in [2.05, 4.69) is 29.0 Å². The quantitative estimate of drug-likeness (QED) is 0.897. The summed E-state index contributed by atoms with van der Waals surface area (Å²) in [6.45, 7) is 7.73. The minimum absolute atomic E-state index is 0.00156. The summed E-state index contributed by atoms with van der Waals surface area (Å²) in [6.07, 6.45) is 0.986. The molecule has 1 fully saturated rings. The lowest BCUT2D eigenvalue weighted by Gasteiger charge is -2.36. The van der Waals surface area contributed by atoms with Crippen LogP contribution in [0.15, 0.2) is 27.4 Å². The molecule has 2 N–H and O–H groups in total. The van der Waals surface area contributed by atoms with Crippen LogP contribution in [0.2, 0.25) is 0 Å². The number of benzene rings is 1. The van der Waals surface area contributed by atoms with Crippen molar-refractivity contribution in [3.63, 3.8) is 0 Å². The summed E-state index contributed by atoms with van der Waals surface area (Å²) in [5.41, 5.74) is 2.18. The van der Waals surface area contributed by atoms with Gasteiger partial charge in [0.2, 0.25) is 0 Å². The molecular weight excluding hydrogens is 308 g/mol. The largest absolute Gasteiger partial charge is 0.417 e. The van der Waals surface area contributed by atoms with Gasteiger partial charge in [-0.1, -0.05) is 19.9 Å². The highest BCUT2D eigenvalue weighted by molar-refractivity contribution is 5.86. The van der Waals surface area contributed by atoms with Gasteiger partial charge in [-0.3, -0.25) is 4.98 Å². The van der Waals surface area contributed by atoms with Gasteiger partial charge in [-0.15, -0.1) is 0 Å². The number of hydrogen-bond acceptors (Lipinski definition) is 4. The summed E-state index contributed by atoms with van der Waals surface area (Å²) in [4.78, 5) is 30.2. The van der Waals surface area contributed by atoms with E-state index >= 15 is 0 Å². The molecule has 3 rings (SSSR count). The fourth-order valence-electron chi connectivity index (χ4n) is 2.94. The Morgan fingerprint density at radius 3 is 2.75 bits per heavy atom. The normalized spacial score (nSPS) is 15.3. The maximum atomic E-state index is 12.2. The van der Waals surface area contributed by atoms with Crippen LogP contribution in [0.25, 0.3) is 11.1 Å². The van der Waals surface area contributed by atoms with Crippen LogP contribution < -0.4 is 16.0 Å². The second-order valence-corrected chi connectivity index (χ2v) is 6.56. The van der Waals surface area contributed by atoms with Crippen molar-refractivity contribution in [1.82, 2.24) is 15.2 Å². The van der Waals surface area contributed by atoms with Crippen molar-refractivity contribution in [2.75, 3.05) is 37.6 Å². The van der Waals surface area contributed by atoms with Gasteiger partial charge in [-0.2, -0.15) is 0 Å². The standard InChI is InChI=1S/C17H24N4O3/c1-12(2)6-7-18-16(22)21-10-8-20(9-11-21)14-5-3-4-13-15(14)24-17(23)19-13/h3-5,12H,6-11H2,1-2H3,(H,18,22)(H,19,23). The van der Waals surface area contributed by atoms with Gasteiger partial charge in [0.25, 0.3) is 0 Å². The Morgan fingerprint density at radius 2 is 2.04 bits per heavy atom. The Morgan fingerprint density at radius 1 is 1.29 bits per heavy atom. The van der Waals surface area contributed by atoms with Crippen molar-refractivity contribution in [2.24, 2.45) is 5.92 Å². The number of para-hydroxylation sites is 1. The monoisotopic (exact) mass is 332 g/mol. The smallest absolute Gasteiger partial charge is 0.406 e. The highest BCUT2D eigenvalue weighted by Gasteiger charge is 2.23. The molecular formula is C17H24N4O3. The highest BCUT2D eigenvalue weighted by Crippen LogP contribution is 2.25. The SMILES string of the molecule is CC(C)CCNC(=O)N1CCN(c2cccc3[nH]c(=O)oc23)CC1. The van der Waals surface area contributed by atoms with Crippen LogP contribution in [0.1, 0.15) is 20.3 Å². The molecule has 0 spiro atoms.